The summed E-state index contributed by atoms with van der Waals surface area (Å²) in [5.41, 5.74) is 2.84. The minimum Gasteiger partial charge on any atom is -0.505 e. The highest BCUT2D eigenvalue weighted by Gasteiger charge is 2.25. The monoisotopic (exact) mass is 307 g/mol. The first-order chi connectivity index (χ1) is 11.2. The van der Waals surface area contributed by atoms with Gasteiger partial charge in [-0.15, -0.1) is 0 Å². The average Bonchev–Trinajstić information content (AvgIpc) is 2.94. The van der Waals surface area contributed by atoms with Crippen LogP contribution in [0.2, 0.25) is 0 Å². The molecule has 0 aliphatic carbocycles. The van der Waals surface area contributed by atoms with E-state index in [2.05, 4.69) is 4.98 Å². The highest BCUT2D eigenvalue weighted by Crippen LogP contribution is 2.39. The van der Waals surface area contributed by atoms with Crippen molar-refractivity contribution < 1.29 is 14.6 Å². The second kappa shape index (κ2) is 6.40. The van der Waals surface area contributed by atoms with Gasteiger partial charge < -0.3 is 14.8 Å². The smallest absolute Gasteiger partial charge is 0.344 e. The van der Waals surface area contributed by atoms with Crippen LogP contribution in [0.15, 0.2) is 60.7 Å². The second-order valence-corrected chi connectivity index (χ2v) is 5.05. The van der Waals surface area contributed by atoms with Gasteiger partial charge in [-0.25, -0.2) is 4.79 Å². The van der Waals surface area contributed by atoms with Crippen molar-refractivity contribution in [1.82, 2.24) is 4.98 Å². The summed E-state index contributed by atoms with van der Waals surface area (Å²) in [6, 6.07) is 18.8. The van der Waals surface area contributed by atoms with Crippen molar-refractivity contribution in [3.05, 3.63) is 66.2 Å². The SMILES string of the molecule is CCOC(=O)c1c(-c2ccccc2)[nH]c(-c2ccccc2)c1O. The number of rotatable bonds is 4. The molecule has 0 fully saturated rings. The maximum Gasteiger partial charge on any atom is 0.344 e. The van der Waals surface area contributed by atoms with Crippen molar-refractivity contribution in [3.8, 4) is 28.3 Å². The maximum absolute atomic E-state index is 12.3. The molecule has 0 radical (unpaired) electrons. The number of hydrogen-bond donors (Lipinski definition) is 2. The van der Waals surface area contributed by atoms with E-state index in [1.165, 1.54) is 0 Å². The highest BCUT2D eigenvalue weighted by molar-refractivity contribution is 6.02. The van der Waals surface area contributed by atoms with Gasteiger partial charge in [0.15, 0.2) is 5.75 Å². The lowest BCUT2D eigenvalue weighted by molar-refractivity contribution is 0.0524. The third-order valence-electron chi connectivity index (χ3n) is 3.58. The summed E-state index contributed by atoms with van der Waals surface area (Å²) < 4.78 is 5.10. The van der Waals surface area contributed by atoms with E-state index in [1.54, 1.807) is 6.92 Å². The van der Waals surface area contributed by atoms with Gasteiger partial charge in [0.05, 0.1) is 18.0 Å². The molecule has 0 aliphatic heterocycles. The summed E-state index contributed by atoms with van der Waals surface area (Å²) in [5, 5.41) is 10.6. The number of carbonyl (C=O) groups excluding carboxylic acids is 1. The molecule has 0 saturated carbocycles. The average molecular weight is 307 g/mol. The van der Waals surface area contributed by atoms with E-state index in [1.807, 2.05) is 60.7 Å². The lowest BCUT2D eigenvalue weighted by Gasteiger charge is -2.04. The van der Waals surface area contributed by atoms with Crippen LogP contribution in [-0.2, 0) is 4.74 Å². The molecule has 3 aromatic rings. The molecule has 116 valence electrons. The normalized spacial score (nSPS) is 10.5. The third kappa shape index (κ3) is 2.83. The molecule has 0 aliphatic rings. The molecule has 2 N–H and O–H groups in total. The first kappa shape index (κ1) is 14.9. The fourth-order valence-corrected chi connectivity index (χ4v) is 2.53. The van der Waals surface area contributed by atoms with Gasteiger partial charge in [-0.3, -0.25) is 0 Å². The Bertz CT molecular complexity index is 807. The van der Waals surface area contributed by atoms with Crippen molar-refractivity contribution in [2.24, 2.45) is 0 Å². The Hall–Kier alpha value is -3.01. The van der Waals surface area contributed by atoms with Crippen LogP contribution in [-0.4, -0.2) is 22.7 Å². The van der Waals surface area contributed by atoms with E-state index in [-0.39, 0.29) is 17.9 Å². The van der Waals surface area contributed by atoms with Crippen LogP contribution in [0.25, 0.3) is 22.5 Å². The van der Waals surface area contributed by atoms with E-state index in [9.17, 15) is 9.90 Å². The summed E-state index contributed by atoms with van der Waals surface area (Å²) in [7, 11) is 0. The van der Waals surface area contributed by atoms with Crippen LogP contribution in [0.5, 0.6) is 5.75 Å². The molecule has 1 heterocycles. The molecule has 0 bridgehead atoms. The number of aromatic amines is 1. The van der Waals surface area contributed by atoms with Crippen molar-refractivity contribution >= 4 is 5.97 Å². The van der Waals surface area contributed by atoms with Crippen LogP contribution < -0.4 is 0 Å². The summed E-state index contributed by atoms with van der Waals surface area (Å²) in [5.74, 6) is -0.629. The Balaban J connectivity index is 2.20. The van der Waals surface area contributed by atoms with Gasteiger partial charge in [0.2, 0.25) is 0 Å². The van der Waals surface area contributed by atoms with Gasteiger partial charge in [-0.1, -0.05) is 60.7 Å². The lowest BCUT2D eigenvalue weighted by atomic mass is 10.1. The molecule has 2 aromatic carbocycles. The largest absolute Gasteiger partial charge is 0.505 e. The minimum absolute atomic E-state index is 0.0893. The maximum atomic E-state index is 12.3. The van der Waals surface area contributed by atoms with E-state index in [4.69, 9.17) is 4.74 Å². The van der Waals surface area contributed by atoms with Gasteiger partial charge in [0.1, 0.15) is 5.56 Å². The predicted molar refractivity (Wildman–Crippen MR) is 89.3 cm³/mol. The number of carbonyl (C=O) groups is 1. The van der Waals surface area contributed by atoms with Crippen LogP contribution in [0.1, 0.15) is 17.3 Å². The lowest BCUT2D eigenvalue weighted by Crippen LogP contribution is -2.05. The summed E-state index contributed by atoms with van der Waals surface area (Å²) in [4.78, 5) is 15.5. The van der Waals surface area contributed by atoms with E-state index < -0.39 is 5.97 Å². The molecule has 0 spiro atoms. The number of ether oxygens (including phenoxy) is 1. The van der Waals surface area contributed by atoms with Gasteiger partial charge in [-0.05, 0) is 12.5 Å². The zero-order chi connectivity index (χ0) is 16.2. The highest BCUT2D eigenvalue weighted by atomic mass is 16.5. The molecule has 0 unspecified atom stereocenters. The molecular formula is C19H17NO3. The van der Waals surface area contributed by atoms with Crippen molar-refractivity contribution in [1.29, 1.82) is 0 Å². The standard InChI is InChI=1S/C19H17NO3/c1-2-23-19(22)15-16(13-9-5-3-6-10-13)20-17(18(15)21)14-11-7-4-8-12-14/h3-12,20-21H,2H2,1H3. The topological polar surface area (TPSA) is 62.3 Å². The molecule has 1 aromatic heterocycles. The number of H-pyrrole nitrogens is 1. The van der Waals surface area contributed by atoms with Crippen molar-refractivity contribution in [2.75, 3.05) is 6.61 Å². The molecule has 3 rings (SSSR count). The van der Waals surface area contributed by atoms with Crippen molar-refractivity contribution in [3.63, 3.8) is 0 Å². The molecule has 4 heteroatoms. The number of aromatic nitrogens is 1. The van der Waals surface area contributed by atoms with Crippen LogP contribution in [0, 0.1) is 0 Å². The van der Waals surface area contributed by atoms with E-state index >= 15 is 0 Å². The predicted octanol–water partition coefficient (Wildman–Crippen LogP) is 4.23. The molecule has 23 heavy (non-hydrogen) atoms. The van der Waals surface area contributed by atoms with Gasteiger partial charge >= 0.3 is 5.97 Å². The molecule has 4 nitrogen and oxygen atoms in total. The van der Waals surface area contributed by atoms with Crippen LogP contribution in [0.4, 0.5) is 0 Å². The number of esters is 1. The van der Waals surface area contributed by atoms with Crippen LogP contribution in [0.3, 0.4) is 0 Å². The third-order valence-corrected chi connectivity index (χ3v) is 3.58. The zero-order valence-electron chi connectivity index (χ0n) is 12.7. The summed E-state index contributed by atoms with van der Waals surface area (Å²) >= 11 is 0. The number of aromatic hydroxyl groups is 1. The molecular weight excluding hydrogens is 290 g/mol. The van der Waals surface area contributed by atoms with Gasteiger partial charge in [-0.2, -0.15) is 0 Å². The fourth-order valence-electron chi connectivity index (χ4n) is 2.53. The Labute approximate surface area is 134 Å². The molecule has 0 amide bonds. The number of nitrogens with one attached hydrogen (secondary N) is 1. The first-order valence-corrected chi connectivity index (χ1v) is 7.45. The van der Waals surface area contributed by atoms with E-state index in [0.717, 1.165) is 11.1 Å². The Kier molecular flexibility index (Phi) is 4.15. The first-order valence-electron chi connectivity index (χ1n) is 7.45. The Morgan fingerprint density at radius 2 is 1.48 bits per heavy atom. The fraction of sp³-hybridized carbons (Fsp3) is 0.105. The summed E-state index contributed by atoms with van der Waals surface area (Å²) in [6.07, 6.45) is 0. The van der Waals surface area contributed by atoms with Crippen LogP contribution >= 0.6 is 0 Å². The van der Waals surface area contributed by atoms with Gasteiger partial charge in [0, 0.05) is 5.56 Å². The summed E-state index contributed by atoms with van der Waals surface area (Å²) in [6.45, 7) is 1.99. The molecule has 0 atom stereocenters. The zero-order valence-corrected chi connectivity index (χ0v) is 12.7. The quantitative estimate of drug-likeness (QED) is 0.709. The molecule has 0 saturated heterocycles. The van der Waals surface area contributed by atoms with Crippen molar-refractivity contribution in [2.45, 2.75) is 6.92 Å². The minimum atomic E-state index is -0.540. The van der Waals surface area contributed by atoms with E-state index in [0.29, 0.717) is 11.4 Å². The Morgan fingerprint density at radius 1 is 0.957 bits per heavy atom. The number of benzene rings is 2. The number of hydrogen-bond acceptors (Lipinski definition) is 3. The second-order valence-electron chi connectivity index (χ2n) is 5.05. The Morgan fingerprint density at radius 3 is 2.00 bits per heavy atom. The van der Waals surface area contributed by atoms with Gasteiger partial charge in [0.25, 0.3) is 0 Å².